The van der Waals surface area contributed by atoms with Gasteiger partial charge < -0.3 is 9.47 Å². The number of ether oxygens (including phenoxy) is 2. The Balaban J connectivity index is 1.92. The van der Waals surface area contributed by atoms with Gasteiger partial charge in [-0.15, -0.1) is 0 Å². The summed E-state index contributed by atoms with van der Waals surface area (Å²) >= 11 is 0. The van der Waals surface area contributed by atoms with Gasteiger partial charge >= 0.3 is 5.97 Å². The van der Waals surface area contributed by atoms with Crippen LogP contribution in [0.1, 0.15) is 19.8 Å². The van der Waals surface area contributed by atoms with Crippen molar-refractivity contribution in [3.05, 3.63) is 0 Å². The van der Waals surface area contributed by atoms with Crippen molar-refractivity contribution in [2.75, 3.05) is 33.4 Å². The molecule has 2 aliphatic heterocycles. The topological polar surface area (TPSA) is 38.8 Å². The second kappa shape index (κ2) is 5.15. The predicted molar refractivity (Wildman–Crippen MR) is 60.1 cm³/mol. The number of carbonyl (C=O) groups excluding carboxylic acids is 1. The molecule has 0 saturated carbocycles. The minimum absolute atomic E-state index is 0.0536. The van der Waals surface area contributed by atoms with E-state index in [1.54, 1.807) is 0 Å². The molecule has 0 aromatic rings. The highest BCUT2D eigenvalue weighted by Crippen LogP contribution is 2.28. The number of nitrogens with zero attached hydrogens (tertiary/aromatic N) is 1. The number of rotatable bonds is 2. The second-order valence-corrected chi connectivity index (χ2v) is 4.90. The molecule has 0 radical (unpaired) electrons. The molecule has 0 bridgehead atoms. The smallest absolute Gasteiger partial charge is 0.310 e. The van der Waals surface area contributed by atoms with Crippen LogP contribution in [0.2, 0.25) is 0 Å². The Morgan fingerprint density at radius 3 is 2.62 bits per heavy atom. The van der Waals surface area contributed by atoms with E-state index in [1.807, 2.05) is 0 Å². The molecule has 16 heavy (non-hydrogen) atoms. The summed E-state index contributed by atoms with van der Waals surface area (Å²) in [4.78, 5) is 14.0. The van der Waals surface area contributed by atoms with Gasteiger partial charge in [0.1, 0.15) is 0 Å². The van der Waals surface area contributed by atoms with E-state index in [0.717, 1.165) is 39.1 Å². The quantitative estimate of drug-likeness (QED) is 0.657. The minimum Gasteiger partial charge on any atom is -0.469 e. The monoisotopic (exact) mass is 227 g/mol. The van der Waals surface area contributed by atoms with Gasteiger partial charge in [0.25, 0.3) is 0 Å². The van der Waals surface area contributed by atoms with E-state index in [9.17, 15) is 4.79 Å². The van der Waals surface area contributed by atoms with Gasteiger partial charge in [0.05, 0.1) is 13.0 Å². The summed E-state index contributed by atoms with van der Waals surface area (Å²) in [5, 5.41) is 0. The largest absolute Gasteiger partial charge is 0.469 e. The minimum atomic E-state index is -0.0536. The molecular formula is C12H21NO3. The first-order valence-electron chi connectivity index (χ1n) is 6.12. The average Bonchev–Trinajstić information content (AvgIpc) is 2.71. The Hall–Kier alpha value is -0.610. The maximum absolute atomic E-state index is 11.6. The van der Waals surface area contributed by atoms with Gasteiger partial charge in [-0.3, -0.25) is 9.69 Å². The summed E-state index contributed by atoms with van der Waals surface area (Å²) in [6.07, 6.45) is 2.20. The van der Waals surface area contributed by atoms with Gasteiger partial charge in [0.2, 0.25) is 0 Å². The zero-order valence-electron chi connectivity index (χ0n) is 10.1. The van der Waals surface area contributed by atoms with Crippen LogP contribution in [0.15, 0.2) is 0 Å². The van der Waals surface area contributed by atoms with Crippen molar-refractivity contribution in [2.24, 2.45) is 11.8 Å². The van der Waals surface area contributed by atoms with Crippen LogP contribution in [0.5, 0.6) is 0 Å². The zero-order chi connectivity index (χ0) is 11.5. The fourth-order valence-electron chi connectivity index (χ4n) is 2.81. The van der Waals surface area contributed by atoms with Crippen LogP contribution >= 0.6 is 0 Å². The van der Waals surface area contributed by atoms with Gasteiger partial charge in [0.15, 0.2) is 0 Å². The summed E-state index contributed by atoms with van der Waals surface area (Å²) in [7, 11) is 1.48. The van der Waals surface area contributed by atoms with E-state index in [2.05, 4.69) is 11.8 Å². The van der Waals surface area contributed by atoms with Crippen molar-refractivity contribution >= 4 is 5.97 Å². The van der Waals surface area contributed by atoms with Crippen molar-refractivity contribution in [3.63, 3.8) is 0 Å². The van der Waals surface area contributed by atoms with Crippen molar-refractivity contribution in [1.82, 2.24) is 4.90 Å². The number of hydrogen-bond donors (Lipinski definition) is 0. The first-order valence-corrected chi connectivity index (χ1v) is 6.12. The Morgan fingerprint density at radius 2 is 2.00 bits per heavy atom. The molecule has 2 heterocycles. The molecular weight excluding hydrogens is 206 g/mol. The fourth-order valence-corrected chi connectivity index (χ4v) is 2.81. The molecule has 2 unspecified atom stereocenters. The SMILES string of the molecule is COC(=O)C1CN(C2CCOCC2)CC1C. The Labute approximate surface area is 96.9 Å². The average molecular weight is 227 g/mol. The lowest BCUT2D eigenvalue weighted by atomic mass is 9.99. The molecule has 0 aromatic carbocycles. The van der Waals surface area contributed by atoms with Gasteiger partial charge in [0, 0.05) is 32.3 Å². The van der Waals surface area contributed by atoms with E-state index in [1.165, 1.54) is 7.11 Å². The van der Waals surface area contributed by atoms with Crippen LogP contribution < -0.4 is 0 Å². The maximum Gasteiger partial charge on any atom is 0.310 e. The van der Waals surface area contributed by atoms with Crippen LogP contribution in [-0.4, -0.2) is 50.3 Å². The van der Waals surface area contributed by atoms with Crippen LogP contribution in [0, 0.1) is 11.8 Å². The number of hydrogen-bond acceptors (Lipinski definition) is 4. The Kier molecular flexibility index (Phi) is 3.82. The van der Waals surface area contributed by atoms with Crippen LogP contribution in [0.25, 0.3) is 0 Å². The molecule has 4 heteroatoms. The highest BCUT2D eigenvalue weighted by molar-refractivity contribution is 5.73. The van der Waals surface area contributed by atoms with E-state index in [0.29, 0.717) is 12.0 Å². The lowest BCUT2D eigenvalue weighted by molar-refractivity contribution is -0.146. The van der Waals surface area contributed by atoms with Gasteiger partial charge in [-0.1, -0.05) is 6.92 Å². The molecule has 2 saturated heterocycles. The van der Waals surface area contributed by atoms with E-state index in [4.69, 9.17) is 9.47 Å². The standard InChI is InChI=1S/C12H21NO3/c1-9-7-13(8-11(9)12(14)15-2)10-3-5-16-6-4-10/h9-11H,3-8H2,1-2H3. The van der Waals surface area contributed by atoms with E-state index >= 15 is 0 Å². The maximum atomic E-state index is 11.6. The molecule has 0 amide bonds. The van der Waals surface area contributed by atoms with E-state index in [-0.39, 0.29) is 11.9 Å². The third-order valence-electron chi connectivity index (χ3n) is 3.85. The third-order valence-corrected chi connectivity index (χ3v) is 3.85. The van der Waals surface area contributed by atoms with Gasteiger partial charge in [-0.25, -0.2) is 0 Å². The number of esters is 1. The van der Waals surface area contributed by atoms with Crippen molar-refractivity contribution in [2.45, 2.75) is 25.8 Å². The number of methoxy groups -OCH3 is 1. The summed E-state index contributed by atoms with van der Waals surface area (Å²) in [5.74, 6) is 0.421. The normalized spacial score (nSPS) is 32.9. The highest BCUT2D eigenvalue weighted by atomic mass is 16.5. The van der Waals surface area contributed by atoms with Gasteiger partial charge in [-0.2, -0.15) is 0 Å². The summed E-state index contributed by atoms with van der Waals surface area (Å²) in [6, 6.07) is 0.603. The zero-order valence-corrected chi connectivity index (χ0v) is 10.1. The molecule has 2 fully saturated rings. The first kappa shape index (κ1) is 11.9. The highest BCUT2D eigenvalue weighted by Gasteiger charge is 2.38. The van der Waals surface area contributed by atoms with Crippen molar-refractivity contribution in [1.29, 1.82) is 0 Å². The molecule has 4 nitrogen and oxygen atoms in total. The molecule has 0 spiro atoms. The lowest BCUT2D eigenvalue weighted by Gasteiger charge is -2.31. The Morgan fingerprint density at radius 1 is 1.31 bits per heavy atom. The van der Waals surface area contributed by atoms with Crippen LogP contribution in [0.3, 0.4) is 0 Å². The number of carbonyl (C=O) groups is 1. The molecule has 92 valence electrons. The van der Waals surface area contributed by atoms with Crippen molar-refractivity contribution < 1.29 is 14.3 Å². The van der Waals surface area contributed by atoms with E-state index < -0.39 is 0 Å². The lowest BCUT2D eigenvalue weighted by Crippen LogP contribution is -2.38. The van der Waals surface area contributed by atoms with Crippen molar-refractivity contribution in [3.8, 4) is 0 Å². The van der Waals surface area contributed by atoms with Crippen LogP contribution in [0.4, 0.5) is 0 Å². The molecule has 0 aliphatic carbocycles. The summed E-state index contributed by atoms with van der Waals surface area (Å²) in [6.45, 7) is 5.74. The molecule has 2 rings (SSSR count). The second-order valence-electron chi connectivity index (χ2n) is 4.90. The van der Waals surface area contributed by atoms with Crippen LogP contribution in [-0.2, 0) is 14.3 Å². The summed E-state index contributed by atoms with van der Waals surface area (Å²) < 4.78 is 10.2. The van der Waals surface area contributed by atoms with Gasteiger partial charge in [-0.05, 0) is 18.8 Å². The molecule has 2 atom stereocenters. The molecule has 0 aromatic heterocycles. The molecule has 2 aliphatic rings. The predicted octanol–water partition coefficient (Wildman–Crippen LogP) is 0.906. The third kappa shape index (κ3) is 2.38. The first-order chi connectivity index (χ1) is 7.72. The number of likely N-dealkylation sites (tertiary alicyclic amines) is 1. The fraction of sp³-hybridized carbons (Fsp3) is 0.917. The summed E-state index contributed by atoms with van der Waals surface area (Å²) in [5.41, 5.74) is 0. The molecule has 0 N–H and O–H groups in total. The Bertz CT molecular complexity index is 251.